The third kappa shape index (κ3) is 4.52. The molecule has 184 valence electrons. The zero-order valence-corrected chi connectivity index (χ0v) is 22.0. The number of hydrogen-bond donors (Lipinski definition) is 0. The summed E-state index contributed by atoms with van der Waals surface area (Å²) in [5.74, 6) is -0.317. The Kier molecular flexibility index (Phi) is 6.45. The van der Waals surface area contributed by atoms with E-state index in [0.29, 0.717) is 19.4 Å². The molecule has 2 aliphatic rings. The molecule has 1 aromatic heterocycles. The second-order valence-corrected chi connectivity index (χ2v) is 10.9. The number of thiazole rings is 1. The number of aromatic nitrogens is 1. The normalized spacial score (nSPS) is 18.5. The summed E-state index contributed by atoms with van der Waals surface area (Å²) in [5, 5.41) is 1.29. The van der Waals surface area contributed by atoms with Gasteiger partial charge in [0.1, 0.15) is 5.82 Å². The first-order chi connectivity index (χ1) is 18.0. The molecule has 4 aromatic rings. The number of fused-ring (bicyclic) bond motifs is 1. The van der Waals surface area contributed by atoms with Crippen molar-refractivity contribution >= 4 is 46.7 Å². The van der Waals surface area contributed by atoms with Gasteiger partial charge in [0.25, 0.3) is 5.56 Å². The van der Waals surface area contributed by atoms with Gasteiger partial charge in [-0.15, -0.1) is 0 Å². The average Bonchev–Trinajstić information content (AvgIpc) is 3.21. The average molecular weight is 547 g/mol. The predicted octanol–water partition coefficient (Wildman–Crippen LogP) is 6.93. The zero-order chi connectivity index (χ0) is 25.5. The first-order valence-electron chi connectivity index (χ1n) is 12.0. The van der Waals surface area contributed by atoms with Crippen molar-refractivity contribution in [2.45, 2.75) is 25.3 Å². The van der Waals surface area contributed by atoms with Crippen molar-refractivity contribution < 1.29 is 4.39 Å². The highest BCUT2D eigenvalue weighted by molar-refractivity contribution is 7.07. The van der Waals surface area contributed by atoms with Crippen LogP contribution in [0.1, 0.15) is 42.0 Å². The number of allylic oxidation sites excluding steroid dienone is 2. The summed E-state index contributed by atoms with van der Waals surface area (Å²) in [7, 11) is 0. The number of halogens is 3. The Bertz CT molecular complexity index is 1770. The first-order valence-corrected chi connectivity index (χ1v) is 13.6. The van der Waals surface area contributed by atoms with E-state index in [9.17, 15) is 9.18 Å². The van der Waals surface area contributed by atoms with E-state index in [1.165, 1.54) is 23.5 Å². The summed E-state index contributed by atoms with van der Waals surface area (Å²) in [5.41, 5.74) is 5.53. The van der Waals surface area contributed by atoms with E-state index in [4.69, 9.17) is 28.2 Å². The van der Waals surface area contributed by atoms with Gasteiger partial charge < -0.3 is 0 Å². The smallest absolute Gasteiger partial charge is 0.271 e. The summed E-state index contributed by atoms with van der Waals surface area (Å²) in [6, 6.07) is 21.2. The summed E-state index contributed by atoms with van der Waals surface area (Å²) in [6.45, 7) is 0. The van der Waals surface area contributed by atoms with Gasteiger partial charge in [0.05, 0.1) is 16.3 Å². The maximum Gasteiger partial charge on any atom is 0.271 e. The molecule has 37 heavy (non-hydrogen) atoms. The Morgan fingerprint density at radius 2 is 1.65 bits per heavy atom. The van der Waals surface area contributed by atoms with Gasteiger partial charge in [-0.3, -0.25) is 9.36 Å². The van der Waals surface area contributed by atoms with E-state index < -0.39 is 0 Å². The van der Waals surface area contributed by atoms with E-state index in [-0.39, 0.29) is 17.4 Å². The molecule has 0 radical (unpaired) electrons. The lowest BCUT2D eigenvalue weighted by atomic mass is 9.84. The fourth-order valence-electron chi connectivity index (χ4n) is 5.02. The summed E-state index contributed by atoms with van der Waals surface area (Å²) < 4.78 is 15.7. The third-order valence-corrected chi connectivity index (χ3v) is 8.41. The topological polar surface area (TPSA) is 34.4 Å². The molecule has 1 atom stereocenters. The van der Waals surface area contributed by atoms with Gasteiger partial charge in [0.15, 0.2) is 4.80 Å². The van der Waals surface area contributed by atoms with E-state index in [1.807, 2.05) is 48.5 Å². The van der Waals surface area contributed by atoms with E-state index in [1.54, 1.807) is 22.8 Å². The number of rotatable bonds is 3. The molecule has 1 unspecified atom stereocenters. The van der Waals surface area contributed by atoms with Crippen molar-refractivity contribution in [2.24, 2.45) is 4.99 Å². The van der Waals surface area contributed by atoms with E-state index >= 15 is 0 Å². The van der Waals surface area contributed by atoms with Crippen molar-refractivity contribution in [3.05, 3.63) is 142 Å². The van der Waals surface area contributed by atoms with E-state index in [0.717, 1.165) is 52.8 Å². The monoisotopic (exact) mass is 546 g/mol. The van der Waals surface area contributed by atoms with Crippen molar-refractivity contribution in [1.29, 1.82) is 0 Å². The second kappa shape index (κ2) is 9.90. The summed E-state index contributed by atoms with van der Waals surface area (Å²) in [4.78, 5) is 19.4. The molecule has 3 aromatic carbocycles. The number of hydrogen-bond acceptors (Lipinski definition) is 3. The Balaban J connectivity index is 1.60. The van der Waals surface area contributed by atoms with Gasteiger partial charge in [-0.05, 0) is 83.5 Å². The first kappa shape index (κ1) is 24.1. The minimum absolute atomic E-state index is 0.133. The van der Waals surface area contributed by atoms with Crippen LogP contribution in [-0.2, 0) is 0 Å². The predicted molar refractivity (Wildman–Crippen MR) is 149 cm³/mol. The van der Waals surface area contributed by atoms with Gasteiger partial charge >= 0.3 is 0 Å². The maximum atomic E-state index is 13.8. The van der Waals surface area contributed by atoms with Crippen LogP contribution >= 0.6 is 34.5 Å². The van der Waals surface area contributed by atoms with Crippen LogP contribution in [0, 0.1) is 5.82 Å². The molecule has 7 heteroatoms. The van der Waals surface area contributed by atoms with Gasteiger partial charge in [0, 0.05) is 10.0 Å². The SMILES string of the molecule is O=c1/c(=C/c2ccc(F)cc2)sc2n1C(c1ccccc1Cl)C1=C(N=2)/C(=C\c2ccccc2Cl)CCC1. The van der Waals surface area contributed by atoms with Crippen LogP contribution in [0.4, 0.5) is 4.39 Å². The Morgan fingerprint density at radius 3 is 2.41 bits per heavy atom. The van der Waals surface area contributed by atoms with Crippen LogP contribution in [0.5, 0.6) is 0 Å². The van der Waals surface area contributed by atoms with Crippen LogP contribution in [0.2, 0.25) is 10.0 Å². The lowest BCUT2D eigenvalue weighted by Crippen LogP contribution is -2.39. The van der Waals surface area contributed by atoms with Crippen LogP contribution in [-0.4, -0.2) is 4.57 Å². The molecule has 0 saturated heterocycles. The van der Waals surface area contributed by atoms with Crippen LogP contribution in [0.15, 0.2) is 99.4 Å². The molecule has 3 nitrogen and oxygen atoms in total. The Morgan fingerprint density at radius 1 is 0.919 bits per heavy atom. The molecule has 0 bridgehead atoms. The zero-order valence-electron chi connectivity index (χ0n) is 19.6. The van der Waals surface area contributed by atoms with Crippen LogP contribution < -0.4 is 14.9 Å². The molecule has 0 amide bonds. The lowest BCUT2D eigenvalue weighted by Gasteiger charge is -2.31. The van der Waals surface area contributed by atoms with Crippen LogP contribution in [0.25, 0.3) is 12.2 Å². The van der Waals surface area contributed by atoms with E-state index in [2.05, 4.69) is 6.08 Å². The molecule has 0 spiro atoms. The molecule has 1 aliphatic heterocycles. The maximum absolute atomic E-state index is 13.8. The highest BCUT2D eigenvalue weighted by atomic mass is 35.5. The minimum atomic E-state index is -0.356. The lowest BCUT2D eigenvalue weighted by molar-refractivity contribution is 0.553. The molecular formula is C30H21Cl2FN2OS. The molecule has 0 fully saturated rings. The summed E-state index contributed by atoms with van der Waals surface area (Å²) >= 11 is 14.5. The molecule has 1 aliphatic carbocycles. The molecule has 6 rings (SSSR count). The molecular weight excluding hydrogens is 526 g/mol. The second-order valence-electron chi connectivity index (χ2n) is 9.07. The minimum Gasteiger partial charge on any atom is -0.272 e. The highest BCUT2D eigenvalue weighted by Gasteiger charge is 2.33. The van der Waals surface area contributed by atoms with Crippen molar-refractivity contribution in [1.82, 2.24) is 4.57 Å². The number of benzene rings is 3. The van der Waals surface area contributed by atoms with Gasteiger partial charge in [-0.1, -0.05) is 83.1 Å². The Labute approximate surface area is 227 Å². The Hall–Kier alpha value is -3.25. The van der Waals surface area contributed by atoms with Gasteiger partial charge in [-0.2, -0.15) is 0 Å². The van der Waals surface area contributed by atoms with Crippen molar-refractivity contribution in [3.8, 4) is 0 Å². The summed E-state index contributed by atoms with van der Waals surface area (Å²) in [6.07, 6.45) is 6.52. The fraction of sp³-hybridized carbons (Fsp3) is 0.133. The molecule has 0 N–H and O–H groups in total. The third-order valence-electron chi connectivity index (χ3n) is 6.74. The fourth-order valence-corrected chi connectivity index (χ4v) is 6.45. The number of nitrogens with zero attached hydrogens (tertiary/aromatic N) is 2. The molecule has 2 heterocycles. The van der Waals surface area contributed by atoms with Gasteiger partial charge in [-0.25, -0.2) is 9.38 Å². The van der Waals surface area contributed by atoms with Crippen LogP contribution in [0.3, 0.4) is 0 Å². The van der Waals surface area contributed by atoms with Crippen molar-refractivity contribution in [3.63, 3.8) is 0 Å². The quantitative estimate of drug-likeness (QED) is 0.274. The standard InChI is InChI=1S/C30H21Cl2FN2OS/c31-24-10-3-1-6-19(24)17-20-7-5-9-23-27(20)34-30-35(28(23)22-8-2-4-11-25(22)32)29(36)26(37-30)16-18-12-14-21(33)15-13-18/h1-4,6,8,10-17,28H,5,7,9H2/b20-17-,26-16-. The van der Waals surface area contributed by atoms with Crippen molar-refractivity contribution in [2.75, 3.05) is 0 Å². The molecule has 0 saturated carbocycles. The largest absolute Gasteiger partial charge is 0.272 e. The highest BCUT2D eigenvalue weighted by Crippen LogP contribution is 2.42. The van der Waals surface area contributed by atoms with Gasteiger partial charge in [0.2, 0.25) is 0 Å².